The van der Waals surface area contributed by atoms with Gasteiger partial charge in [0.05, 0.1) is 12.4 Å². The number of ether oxygens (including phenoxy) is 1. The lowest BCUT2D eigenvalue weighted by Crippen LogP contribution is -2.42. The summed E-state index contributed by atoms with van der Waals surface area (Å²) in [5.41, 5.74) is -0.435. The lowest BCUT2D eigenvalue weighted by Gasteiger charge is -2.33. The van der Waals surface area contributed by atoms with Gasteiger partial charge in [-0.1, -0.05) is 0 Å². The molecule has 122 valence electrons. The van der Waals surface area contributed by atoms with E-state index in [1.54, 1.807) is 17.3 Å². The fraction of sp³-hybridized carbons (Fsp3) is 0.667. The minimum absolute atomic E-state index is 0.210. The van der Waals surface area contributed by atoms with Crippen LogP contribution in [0.3, 0.4) is 0 Å². The molecule has 0 saturated carbocycles. The number of nitrogens with one attached hydrogen (secondary N) is 1. The average molecular weight is 371 g/mol. The van der Waals surface area contributed by atoms with Crippen LogP contribution in [-0.4, -0.2) is 46.2 Å². The Bertz CT molecular complexity index is 493. The van der Waals surface area contributed by atoms with Gasteiger partial charge in [0, 0.05) is 19.6 Å². The van der Waals surface area contributed by atoms with Crippen molar-refractivity contribution in [2.24, 2.45) is 5.92 Å². The summed E-state index contributed by atoms with van der Waals surface area (Å²) in [6, 6.07) is 0. The van der Waals surface area contributed by atoms with Crippen LogP contribution in [0.1, 0.15) is 33.6 Å². The summed E-state index contributed by atoms with van der Waals surface area (Å²) in [5.74, 6) is 1.31. The lowest BCUT2D eigenvalue weighted by molar-refractivity contribution is 0.0188. The van der Waals surface area contributed by atoms with Gasteiger partial charge in [0.15, 0.2) is 0 Å². The van der Waals surface area contributed by atoms with Crippen molar-refractivity contribution in [2.45, 2.75) is 39.2 Å². The number of amides is 1. The highest BCUT2D eigenvalue weighted by Gasteiger charge is 2.26. The number of aromatic nitrogens is 2. The highest BCUT2D eigenvalue weighted by Crippen LogP contribution is 2.20. The maximum Gasteiger partial charge on any atom is 0.410 e. The van der Waals surface area contributed by atoms with Gasteiger partial charge >= 0.3 is 6.09 Å². The van der Waals surface area contributed by atoms with E-state index in [4.69, 9.17) is 4.74 Å². The van der Waals surface area contributed by atoms with Gasteiger partial charge in [-0.2, -0.15) is 0 Å². The van der Waals surface area contributed by atoms with Gasteiger partial charge in [-0.05, 0) is 55.5 Å². The number of hydrogen-bond donors (Lipinski definition) is 1. The zero-order valence-electron chi connectivity index (χ0n) is 13.3. The van der Waals surface area contributed by atoms with Crippen molar-refractivity contribution in [3.63, 3.8) is 0 Å². The predicted octanol–water partition coefficient (Wildman–Crippen LogP) is 3.30. The molecule has 0 unspecified atom stereocenters. The number of halogens is 1. The van der Waals surface area contributed by atoms with Crippen molar-refractivity contribution in [3.8, 4) is 0 Å². The third kappa shape index (κ3) is 5.44. The Kier molecular flexibility index (Phi) is 5.61. The first kappa shape index (κ1) is 17.0. The molecule has 1 fully saturated rings. The van der Waals surface area contributed by atoms with Crippen LogP contribution in [0.25, 0.3) is 0 Å². The van der Waals surface area contributed by atoms with Gasteiger partial charge < -0.3 is 15.0 Å². The summed E-state index contributed by atoms with van der Waals surface area (Å²) >= 11 is 3.26. The molecular weight excluding hydrogens is 348 g/mol. The summed E-state index contributed by atoms with van der Waals surface area (Å²) < 4.78 is 6.13. The number of piperidine rings is 1. The van der Waals surface area contributed by atoms with E-state index in [0.717, 1.165) is 42.9 Å². The molecular formula is C15H23BrN4O2. The molecule has 6 nitrogen and oxygen atoms in total. The third-order valence-corrected chi connectivity index (χ3v) is 3.87. The molecule has 0 aliphatic carbocycles. The predicted molar refractivity (Wildman–Crippen MR) is 88.8 cm³/mol. The molecule has 0 radical (unpaired) electrons. The number of carbonyl (C=O) groups is 1. The van der Waals surface area contributed by atoms with E-state index >= 15 is 0 Å². The van der Waals surface area contributed by atoms with Crippen molar-refractivity contribution in [1.29, 1.82) is 0 Å². The molecule has 0 spiro atoms. The largest absolute Gasteiger partial charge is 0.444 e. The fourth-order valence-electron chi connectivity index (χ4n) is 2.30. The van der Waals surface area contributed by atoms with Gasteiger partial charge in [-0.15, -0.1) is 0 Å². The van der Waals surface area contributed by atoms with Crippen LogP contribution >= 0.6 is 15.9 Å². The van der Waals surface area contributed by atoms with Crippen LogP contribution in [0, 0.1) is 5.92 Å². The van der Waals surface area contributed by atoms with Gasteiger partial charge in [0.1, 0.15) is 16.0 Å². The number of nitrogens with zero attached hydrogens (tertiary/aromatic N) is 3. The van der Waals surface area contributed by atoms with Crippen molar-refractivity contribution in [1.82, 2.24) is 14.9 Å². The normalized spacial score (nSPS) is 16.5. The number of rotatable bonds is 3. The summed E-state index contributed by atoms with van der Waals surface area (Å²) in [6.45, 7) is 8.00. The second-order valence-electron chi connectivity index (χ2n) is 6.52. The Morgan fingerprint density at radius 2 is 2.05 bits per heavy atom. The van der Waals surface area contributed by atoms with E-state index in [1.165, 1.54) is 0 Å². The van der Waals surface area contributed by atoms with Crippen molar-refractivity contribution >= 4 is 27.8 Å². The van der Waals surface area contributed by atoms with Gasteiger partial charge in [0.25, 0.3) is 0 Å². The van der Waals surface area contributed by atoms with Crippen LogP contribution < -0.4 is 5.32 Å². The molecule has 1 N–H and O–H groups in total. The summed E-state index contributed by atoms with van der Waals surface area (Å²) in [7, 11) is 0. The van der Waals surface area contributed by atoms with Crippen LogP contribution in [0.2, 0.25) is 0 Å². The number of anilines is 1. The van der Waals surface area contributed by atoms with E-state index in [0.29, 0.717) is 5.92 Å². The average Bonchev–Trinajstić information content (AvgIpc) is 2.45. The van der Waals surface area contributed by atoms with Crippen LogP contribution in [0.5, 0.6) is 0 Å². The first-order valence-corrected chi connectivity index (χ1v) is 8.32. The Morgan fingerprint density at radius 3 is 2.59 bits per heavy atom. The molecule has 2 heterocycles. The van der Waals surface area contributed by atoms with Crippen molar-refractivity contribution < 1.29 is 9.53 Å². The minimum atomic E-state index is -0.435. The topological polar surface area (TPSA) is 67.3 Å². The number of hydrogen-bond acceptors (Lipinski definition) is 5. The third-order valence-electron chi connectivity index (χ3n) is 3.46. The van der Waals surface area contributed by atoms with Gasteiger partial charge in [-0.3, -0.25) is 0 Å². The van der Waals surface area contributed by atoms with E-state index in [9.17, 15) is 4.79 Å². The van der Waals surface area contributed by atoms with E-state index < -0.39 is 5.60 Å². The van der Waals surface area contributed by atoms with E-state index in [1.807, 2.05) is 20.8 Å². The highest BCUT2D eigenvalue weighted by molar-refractivity contribution is 9.10. The highest BCUT2D eigenvalue weighted by atomic mass is 79.9. The molecule has 22 heavy (non-hydrogen) atoms. The molecule has 1 saturated heterocycles. The molecule has 0 atom stereocenters. The molecule has 1 aliphatic rings. The van der Waals surface area contributed by atoms with Crippen LogP contribution in [0.4, 0.5) is 10.6 Å². The van der Waals surface area contributed by atoms with E-state index in [-0.39, 0.29) is 6.09 Å². The summed E-state index contributed by atoms with van der Waals surface area (Å²) in [6.07, 6.45) is 5.11. The SMILES string of the molecule is CC(C)(C)OC(=O)N1CCC(CNc2cnc(Br)cn2)CC1. The molecule has 1 amide bonds. The van der Waals surface area contributed by atoms with Crippen LogP contribution in [0.15, 0.2) is 17.0 Å². The monoisotopic (exact) mass is 370 g/mol. The second kappa shape index (κ2) is 7.26. The molecule has 1 aromatic heterocycles. The lowest BCUT2D eigenvalue weighted by atomic mass is 9.97. The maximum atomic E-state index is 12.0. The maximum absolute atomic E-state index is 12.0. The summed E-state index contributed by atoms with van der Waals surface area (Å²) in [4.78, 5) is 22.2. The molecule has 1 aromatic rings. The Balaban J connectivity index is 1.73. The van der Waals surface area contributed by atoms with Gasteiger partial charge in [-0.25, -0.2) is 14.8 Å². The molecule has 1 aliphatic heterocycles. The van der Waals surface area contributed by atoms with Crippen LogP contribution in [-0.2, 0) is 4.74 Å². The zero-order chi connectivity index (χ0) is 16.2. The van der Waals surface area contributed by atoms with Crippen molar-refractivity contribution in [3.05, 3.63) is 17.0 Å². The quantitative estimate of drug-likeness (QED) is 0.883. The fourth-order valence-corrected chi connectivity index (χ4v) is 2.50. The minimum Gasteiger partial charge on any atom is -0.444 e. The smallest absolute Gasteiger partial charge is 0.410 e. The first-order valence-electron chi connectivity index (χ1n) is 7.53. The standard InChI is InChI=1S/C15H23BrN4O2/c1-15(2,3)22-14(21)20-6-4-11(5-7-20)8-18-13-10-17-12(16)9-19-13/h9-11H,4-8H2,1-3H3,(H,18,19). The molecule has 2 rings (SSSR count). The van der Waals surface area contributed by atoms with E-state index in [2.05, 4.69) is 31.2 Å². The Morgan fingerprint density at radius 1 is 1.36 bits per heavy atom. The first-order chi connectivity index (χ1) is 10.3. The number of likely N-dealkylation sites (tertiary alicyclic amines) is 1. The zero-order valence-corrected chi connectivity index (χ0v) is 14.9. The summed E-state index contributed by atoms with van der Waals surface area (Å²) in [5, 5.41) is 3.29. The molecule has 0 aromatic carbocycles. The van der Waals surface area contributed by atoms with Crippen molar-refractivity contribution in [2.75, 3.05) is 25.0 Å². The molecule has 7 heteroatoms. The Labute approximate surface area is 139 Å². The number of carbonyl (C=O) groups excluding carboxylic acids is 1. The molecule has 0 bridgehead atoms. The Hall–Kier alpha value is -1.37. The second-order valence-corrected chi connectivity index (χ2v) is 7.33. The van der Waals surface area contributed by atoms with Gasteiger partial charge in [0.2, 0.25) is 0 Å².